The van der Waals surface area contributed by atoms with Crippen molar-refractivity contribution < 1.29 is 9.59 Å². The molecule has 2 amide bonds. The first-order chi connectivity index (χ1) is 15.4. The highest BCUT2D eigenvalue weighted by Crippen LogP contribution is 2.29. The second-order valence-corrected chi connectivity index (χ2v) is 9.05. The topological polar surface area (TPSA) is 52.7 Å². The lowest BCUT2D eigenvalue weighted by molar-refractivity contribution is -0.124. The molecule has 3 rings (SSSR count). The van der Waals surface area contributed by atoms with Crippen molar-refractivity contribution in [3.8, 4) is 0 Å². The van der Waals surface area contributed by atoms with Gasteiger partial charge in [-0.1, -0.05) is 55.8 Å². The van der Waals surface area contributed by atoms with Crippen molar-refractivity contribution in [1.82, 2.24) is 4.90 Å². The van der Waals surface area contributed by atoms with Crippen LogP contribution in [-0.2, 0) is 9.59 Å². The fraction of sp³-hybridized carbons (Fsp3) is 0.375. The minimum atomic E-state index is -0.642. The van der Waals surface area contributed by atoms with Gasteiger partial charge in [0.05, 0.1) is 12.1 Å². The van der Waals surface area contributed by atoms with Gasteiger partial charge in [-0.25, -0.2) is 0 Å². The molecule has 5 nitrogen and oxygen atoms in total. The molecule has 0 aliphatic carbocycles. The van der Waals surface area contributed by atoms with Crippen molar-refractivity contribution in [3.63, 3.8) is 0 Å². The normalized spacial score (nSPS) is 16.0. The Bertz CT molecular complexity index is 951. The van der Waals surface area contributed by atoms with Gasteiger partial charge in [0.1, 0.15) is 6.04 Å². The molecule has 1 heterocycles. The van der Waals surface area contributed by atoms with Crippen molar-refractivity contribution in [3.05, 3.63) is 58.6 Å². The summed E-state index contributed by atoms with van der Waals surface area (Å²) >= 11 is 17.6. The first-order valence-electron chi connectivity index (χ1n) is 10.9. The average molecular weight is 492 g/mol. The molecule has 1 unspecified atom stereocenters. The van der Waals surface area contributed by atoms with Crippen LogP contribution < -0.4 is 10.2 Å². The van der Waals surface area contributed by atoms with E-state index >= 15 is 0 Å². The number of halogens is 2. The lowest BCUT2D eigenvalue weighted by Gasteiger charge is -2.24. The monoisotopic (exact) mass is 491 g/mol. The van der Waals surface area contributed by atoms with Crippen LogP contribution in [0.2, 0.25) is 10.0 Å². The molecule has 0 radical (unpaired) electrons. The van der Waals surface area contributed by atoms with E-state index in [9.17, 15) is 9.59 Å². The predicted octanol–water partition coefficient (Wildman–Crippen LogP) is 6.29. The molecule has 1 saturated heterocycles. The Morgan fingerprint density at radius 2 is 1.56 bits per heavy atom. The van der Waals surface area contributed by atoms with Gasteiger partial charge in [0, 0.05) is 22.3 Å². The van der Waals surface area contributed by atoms with Crippen LogP contribution in [0.1, 0.15) is 45.4 Å². The second-order valence-electron chi connectivity index (χ2n) is 7.82. The van der Waals surface area contributed by atoms with Crippen LogP contribution in [0.4, 0.5) is 11.4 Å². The molecular weight excluding hydrogens is 465 g/mol. The maximum Gasteiger partial charge on any atom is 0.256 e. The van der Waals surface area contributed by atoms with Crippen LogP contribution >= 0.6 is 35.4 Å². The molecule has 1 fully saturated rings. The van der Waals surface area contributed by atoms with Crippen LogP contribution in [0.5, 0.6) is 0 Å². The molecule has 8 heteroatoms. The average Bonchev–Trinajstić information content (AvgIpc) is 3.00. The van der Waals surface area contributed by atoms with E-state index in [1.54, 1.807) is 48.5 Å². The summed E-state index contributed by atoms with van der Waals surface area (Å²) in [6.07, 6.45) is 5.49. The van der Waals surface area contributed by atoms with Crippen molar-refractivity contribution in [2.75, 3.05) is 16.8 Å². The number of carbonyl (C=O) groups excluding carboxylic acids is 2. The largest absolute Gasteiger partial charge is 0.336 e. The van der Waals surface area contributed by atoms with E-state index in [-0.39, 0.29) is 18.2 Å². The number of hydrogen-bond acceptors (Lipinski definition) is 3. The second kappa shape index (κ2) is 11.6. The molecule has 0 spiro atoms. The lowest BCUT2D eigenvalue weighted by atomic mass is 10.1. The number of amides is 2. The highest BCUT2D eigenvalue weighted by Gasteiger charge is 2.43. The number of thiocarbonyl (C=S) groups is 1. The third-order valence-electron chi connectivity index (χ3n) is 5.41. The van der Waals surface area contributed by atoms with Gasteiger partial charge in [0.25, 0.3) is 5.91 Å². The highest BCUT2D eigenvalue weighted by molar-refractivity contribution is 7.80. The smallest absolute Gasteiger partial charge is 0.256 e. The van der Waals surface area contributed by atoms with Gasteiger partial charge in [0.2, 0.25) is 5.91 Å². The lowest BCUT2D eigenvalue weighted by Crippen LogP contribution is -2.38. The summed E-state index contributed by atoms with van der Waals surface area (Å²) in [5.74, 6) is -0.445. The molecule has 1 N–H and O–H groups in total. The summed E-state index contributed by atoms with van der Waals surface area (Å²) in [7, 11) is 0. The zero-order chi connectivity index (χ0) is 23.1. The summed E-state index contributed by atoms with van der Waals surface area (Å²) < 4.78 is 0. The Morgan fingerprint density at radius 1 is 0.969 bits per heavy atom. The number of unbranched alkanes of at least 4 members (excludes halogenated alkanes) is 4. The Labute approximate surface area is 204 Å². The van der Waals surface area contributed by atoms with Gasteiger partial charge >= 0.3 is 0 Å². The van der Waals surface area contributed by atoms with Gasteiger partial charge in [-0.3, -0.25) is 14.5 Å². The van der Waals surface area contributed by atoms with Crippen LogP contribution in [0.3, 0.4) is 0 Å². The van der Waals surface area contributed by atoms with E-state index < -0.39 is 6.04 Å². The van der Waals surface area contributed by atoms with Gasteiger partial charge in [0.15, 0.2) is 5.11 Å². The first kappa shape index (κ1) is 24.5. The zero-order valence-electron chi connectivity index (χ0n) is 18.0. The van der Waals surface area contributed by atoms with Crippen LogP contribution in [0.15, 0.2) is 48.5 Å². The first-order valence-corrected chi connectivity index (χ1v) is 12.0. The summed E-state index contributed by atoms with van der Waals surface area (Å²) in [6, 6.07) is 13.2. The van der Waals surface area contributed by atoms with E-state index in [1.165, 1.54) is 17.7 Å². The molecule has 170 valence electrons. The van der Waals surface area contributed by atoms with Crippen molar-refractivity contribution >= 4 is 63.7 Å². The van der Waals surface area contributed by atoms with E-state index in [0.29, 0.717) is 33.1 Å². The minimum Gasteiger partial charge on any atom is -0.336 e. The quantitative estimate of drug-likeness (QED) is 0.313. The molecule has 32 heavy (non-hydrogen) atoms. The third-order valence-corrected chi connectivity index (χ3v) is 6.33. The summed E-state index contributed by atoms with van der Waals surface area (Å²) in [6.45, 7) is 2.81. The fourth-order valence-corrected chi connectivity index (χ4v) is 4.39. The SMILES string of the molecule is CCCCCCCN1C(=S)N(c2ccc(Cl)cc2)C(=O)C1CC(=O)Nc1ccc(Cl)cc1. The molecule has 0 bridgehead atoms. The van der Waals surface area contributed by atoms with Gasteiger partial charge < -0.3 is 10.2 Å². The van der Waals surface area contributed by atoms with E-state index in [1.807, 2.05) is 4.90 Å². The third kappa shape index (κ3) is 6.21. The fourth-order valence-electron chi connectivity index (χ4n) is 3.72. The van der Waals surface area contributed by atoms with Crippen LogP contribution in [-0.4, -0.2) is 34.4 Å². The molecule has 1 atom stereocenters. The molecule has 0 saturated carbocycles. The molecular formula is C24H27Cl2N3O2S. The molecule has 2 aromatic rings. The highest BCUT2D eigenvalue weighted by atomic mass is 35.5. The number of anilines is 2. The van der Waals surface area contributed by atoms with Crippen LogP contribution in [0.25, 0.3) is 0 Å². The van der Waals surface area contributed by atoms with Crippen molar-refractivity contribution in [2.24, 2.45) is 0 Å². The van der Waals surface area contributed by atoms with Crippen molar-refractivity contribution in [2.45, 2.75) is 51.5 Å². The molecule has 1 aliphatic rings. The van der Waals surface area contributed by atoms with E-state index in [2.05, 4.69) is 12.2 Å². The number of hydrogen-bond donors (Lipinski definition) is 1. The molecule has 0 aromatic heterocycles. The standard InChI is InChI=1S/C24H27Cl2N3O2S/c1-2-3-4-5-6-15-28-21(16-22(30)27-19-11-7-17(25)8-12-19)23(31)29(24(28)32)20-13-9-18(26)10-14-20/h7-14,21H,2-6,15-16H2,1H3,(H,27,30). The Balaban J connectivity index is 1.74. The van der Waals surface area contributed by atoms with E-state index in [4.69, 9.17) is 35.4 Å². The number of carbonyl (C=O) groups is 2. The van der Waals surface area contributed by atoms with Gasteiger partial charge in [-0.05, 0) is 67.2 Å². The maximum atomic E-state index is 13.3. The molecule has 1 aliphatic heterocycles. The van der Waals surface area contributed by atoms with E-state index in [0.717, 1.165) is 19.3 Å². The number of nitrogens with one attached hydrogen (secondary N) is 1. The number of benzene rings is 2. The summed E-state index contributed by atoms with van der Waals surface area (Å²) in [4.78, 5) is 29.5. The Morgan fingerprint density at radius 3 is 2.19 bits per heavy atom. The Kier molecular flexibility index (Phi) is 8.91. The predicted molar refractivity (Wildman–Crippen MR) is 135 cm³/mol. The maximum absolute atomic E-state index is 13.3. The summed E-state index contributed by atoms with van der Waals surface area (Å²) in [5, 5.41) is 4.44. The van der Waals surface area contributed by atoms with Gasteiger partial charge in [-0.15, -0.1) is 0 Å². The minimum absolute atomic E-state index is 0.0145. The Hall–Kier alpha value is -2.15. The van der Waals surface area contributed by atoms with Crippen molar-refractivity contribution in [1.29, 1.82) is 0 Å². The molecule has 2 aromatic carbocycles. The number of rotatable bonds is 10. The van der Waals surface area contributed by atoms with Gasteiger partial charge in [-0.2, -0.15) is 0 Å². The zero-order valence-corrected chi connectivity index (χ0v) is 20.3. The summed E-state index contributed by atoms with van der Waals surface area (Å²) in [5.41, 5.74) is 1.29. The number of nitrogens with zero attached hydrogens (tertiary/aromatic N) is 2. The van der Waals surface area contributed by atoms with Crippen LogP contribution in [0, 0.1) is 0 Å².